The van der Waals surface area contributed by atoms with Crippen molar-refractivity contribution in [2.45, 2.75) is 55.9 Å². The van der Waals surface area contributed by atoms with Gasteiger partial charge in [-0.15, -0.1) is 0 Å². The largest absolute Gasteiger partial charge is 0.362 e. The molecule has 22 heavy (non-hydrogen) atoms. The zero-order valence-electron chi connectivity index (χ0n) is 13.0. The van der Waals surface area contributed by atoms with E-state index in [-0.39, 0.29) is 5.91 Å². The highest BCUT2D eigenvalue weighted by molar-refractivity contribution is 6.68. The Morgan fingerprint density at radius 3 is 2.55 bits per heavy atom. The fraction of sp³-hybridized carbons (Fsp3) is 0.562. The summed E-state index contributed by atoms with van der Waals surface area (Å²) in [6, 6.07) is 7.67. The number of nitrogens with one attached hydrogen (secondary N) is 2. The van der Waals surface area contributed by atoms with Crippen LogP contribution in [0.1, 0.15) is 44.6 Å². The van der Waals surface area contributed by atoms with Crippen LogP contribution in [0.2, 0.25) is 0 Å². The standard InChI is InChI=1S/C16H23Cl3N2O/c1-3-4-5-6-10-14(22)21-15(16(17,18)19)20-13-9-7-8-12(2)11-13/h7-9,11,15,20H,3-6,10H2,1-2H3,(H,21,22). The van der Waals surface area contributed by atoms with Crippen molar-refractivity contribution >= 4 is 46.4 Å². The summed E-state index contributed by atoms with van der Waals surface area (Å²) < 4.78 is -1.64. The average molecular weight is 366 g/mol. The molecule has 2 N–H and O–H groups in total. The highest BCUT2D eigenvalue weighted by Gasteiger charge is 2.33. The lowest BCUT2D eigenvalue weighted by Gasteiger charge is -2.27. The second-order valence-corrected chi connectivity index (χ2v) is 7.74. The van der Waals surface area contributed by atoms with Crippen LogP contribution in [0.5, 0.6) is 0 Å². The number of benzene rings is 1. The number of rotatable bonds is 8. The van der Waals surface area contributed by atoms with Crippen molar-refractivity contribution < 1.29 is 4.79 Å². The number of halogens is 3. The Morgan fingerprint density at radius 2 is 1.95 bits per heavy atom. The lowest BCUT2D eigenvalue weighted by molar-refractivity contribution is -0.121. The molecule has 1 atom stereocenters. The molecule has 0 aliphatic rings. The number of hydrogen-bond donors (Lipinski definition) is 2. The Labute approximate surface area is 147 Å². The van der Waals surface area contributed by atoms with Gasteiger partial charge in [-0.3, -0.25) is 4.79 Å². The third-order valence-corrected chi connectivity index (χ3v) is 3.87. The van der Waals surface area contributed by atoms with Crippen molar-refractivity contribution in [2.24, 2.45) is 0 Å². The van der Waals surface area contributed by atoms with Crippen LogP contribution in [0.15, 0.2) is 24.3 Å². The summed E-state index contributed by atoms with van der Waals surface area (Å²) in [5, 5.41) is 5.82. The van der Waals surface area contributed by atoms with Crippen molar-refractivity contribution in [3.8, 4) is 0 Å². The summed E-state index contributed by atoms with van der Waals surface area (Å²) in [6.07, 6.45) is 3.80. The third-order valence-electron chi connectivity index (χ3n) is 3.22. The molecule has 0 aliphatic heterocycles. The Kier molecular flexibility index (Phi) is 8.37. The maximum absolute atomic E-state index is 12.0. The molecule has 0 aliphatic carbocycles. The van der Waals surface area contributed by atoms with Gasteiger partial charge >= 0.3 is 0 Å². The molecule has 3 nitrogen and oxygen atoms in total. The predicted octanol–water partition coefficient (Wildman–Crippen LogP) is 5.19. The molecule has 0 heterocycles. The second kappa shape index (κ2) is 9.49. The predicted molar refractivity (Wildman–Crippen MR) is 95.8 cm³/mol. The number of alkyl halides is 3. The SMILES string of the molecule is CCCCCCC(=O)NC(Nc1cccc(C)c1)C(Cl)(Cl)Cl. The number of carbonyl (C=O) groups excluding carboxylic acids is 1. The lowest BCUT2D eigenvalue weighted by Crippen LogP contribution is -2.49. The highest BCUT2D eigenvalue weighted by atomic mass is 35.6. The number of amides is 1. The first-order valence-electron chi connectivity index (χ1n) is 7.52. The molecular formula is C16H23Cl3N2O. The average Bonchev–Trinajstić information content (AvgIpc) is 2.42. The van der Waals surface area contributed by atoms with Gasteiger partial charge in [0.25, 0.3) is 0 Å². The Bertz CT molecular complexity index is 475. The molecule has 0 saturated carbocycles. The monoisotopic (exact) mass is 364 g/mol. The number of carbonyl (C=O) groups is 1. The number of aryl methyl sites for hydroxylation is 1. The first-order chi connectivity index (χ1) is 10.3. The highest BCUT2D eigenvalue weighted by Crippen LogP contribution is 2.31. The number of anilines is 1. The van der Waals surface area contributed by atoms with E-state index in [4.69, 9.17) is 34.8 Å². The fourth-order valence-corrected chi connectivity index (χ4v) is 2.37. The molecule has 6 heteroatoms. The zero-order valence-corrected chi connectivity index (χ0v) is 15.2. The summed E-state index contributed by atoms with van der Waals surface area (Å²) in [5.74, 6) is -0.118. The van der Waals surface area contributed by atoms with Crippen molar-refractivity contribution in [3.05, 3.63) is 29.8 Å². The Balaban J connectivity index is 2.60. The molecule has 1 aromatic carbocycles. The van der Waals surface area contributed by atoms with Gasteiger partial charge in [0, 0.05) is 12.1 Å². The van der Waals surface area contributed by atoms with Crippen molar-refractivity contribution in [1.82, 2.24) is 5.32 Å². The van der Waals surface area contributed by atoms with Gasteiger partial charge in [0.1, 0.15) is 6.17 Å². The van der Waals surface area contributed by atoms with Crippen molar-refractivity contribution in [2.75, 3.05) is 5.32 Å². The summed E-state index contributed by atoms with van der Waals surface area (Å²) in [6.45, 7) is 4.10. The van der Waals surface area contributed by atoms with Gasteiger partial charge < -0.3 is 10.6 Å². The summed E-state index contributed by atoms with van der Waals surface area (Å²) in [5.41, 5.74) is 1.88. The third kappa shape index (κ3) is 7.57. The van der Waals surface area contributed by atoms with E-state index >= 15 is 0 Å². The molecular weight excluding hydrogens is 343 g/mol. The van der Waals surface area contributed by atoms with Crippen molar-refractivity contribution in [1.29, 1.82) is 0 Å². The van der Waals surface area contributed by atoms with Crippen LogP contribution in [-0.2, 0) is 4.79 Å². The number of hydrogen-bond acceptors (Lipinski definition) is 2. The summed E-state index contributed by atoms with van der Waals surface area (Å²) >= 11 is 17.9. The minimum Gasteiger partial charge on any atom is -0.362 e. The molecule has 1 unspecified atom stereocenters. The maximum Gasteiger partial charge on any atom is 0.228 e. The van der Waals surface area contributed by atoms with E-state index in [1.54, 1.807) is 0 Å². The van der Waals surface area contributed by atoms with E-state index < -0.39 is 9.96 Å². The van der Waals surface area contributed by atoms with Gasteiger partial charge in [0.05, 0.1) is 0 Å². The van der Waals surface area contributed by atoms with Crippen LogP contribution >= 0.6 is 34.8 Å². The van der Waals surface area contributed by atoms with Gasteiger partial charge in [-0.2, -0.15) is 0 Å². The van der Waals surface area contributed by atoms with Gasteiger partial charge in [0.15, 0.2) is 0 Å². The zero-order chi connectivity index (χ0) is 16.6. The van der Waals surface area contributed by atoms with E-state index in [0.29, 0.717) is 6.42 Å². The van der Waals surface area contributed by atoms with E-state index in [2.05, 4.69) is 17.6 Å². The minimum atomic E-state index is -1.64. The van der Waals surface area contributed by atoms with Crippen LogP contribution in [0.25, 0.3) is 0 Å². The molecule has 124 valence electrons. The molecule has 0 radical (unpaired) electrons. The smallest absolute Gasteiger partial charge is 0.228 e. The van der Waals surface area contributed by atoms with Crippen LogP contribution in [-0.4, -0.2) is 15.9 Å². The topological polar surface area (TPSA) is 41.1 Å². The van der Waals surface area contributed by atoms with Gasteiger partial charge in [-0.05, 0) is 31.0 Å². The second-order valence-electron chi connectivity index (χ2n) is 5.37. The van der Waals surface area contributed by atoms with E-state index in [9.17, 15) is 4.79 Å². The fourth-order valence-electron chi connectivity index (χ4n) is 2.05. The molecule has 0 saturated heterocycles. The van der Waals surface area contributed by atoms with Crippen LogP contribution in [0.4, 0.5) is 5.69 Å². The number of unbranched alkanes of at least 4 members (excludes halogenated alkanes) is 3. The van der Waals surface area contributed by atoms with Crippen molar-refractivity contribution in [3.63, 3.8) is 0 Å². The lowest BCUT2D eigenvalue weighted by atomic mass is 10.1. The molecule has 0 fully saturated rings. The van der Waals surface area contributed by atoms with Gasteiger partial charge in [0.2, 0.25) is 9.70 Å². The first kappa shape index (κ1) is 19.4. The van der Waals surface area contributed by atoms with Crippen LogP contribution in [0, 0.1) is 6.92 Å². The molecule has 0 aromatic heterocycles. The molecule has 0 bridgehead atoms. The molecule has 1 rings (SSSR count). The summed E-state index contributed by atoms with van der Waals surface area (Å²) in [4.78, 5) is 12.0. The van der Waals surface area contributed by atoms with Gasteiger partial charge in [-0.25, -0.2) is 0 Å². The first-order valence-corrected chi connectivity index (χ1v) is 8.65. The van der Waals surface area contributed by atoms with Crippen LogP contribution in [0.3, 0.4) is 0 Å². The normalized spacial score (nSPS) is 12.8. The van der Waals surface area contributed by atoms with E-state index in [1.165, 1.54) is 0 Å². The van der Waals surface area contributed by atoms with E-state index in [0.717, 1.165) is 36.9 Å². The maximum atomic E-state index is 12.0. The Morgan fingerprint density at radius 1 is 1.23 bits per heavy atom. The Hall–Kier alpha value is -0.640. The molecule has 0 spiro atoms. The molecule has 1 aromatic rings. The van der Waals surface area contributed by atoms with Crippen LogP contribution < -0.4 is 10.6 Å². The minimum absolute atomic E-state index is 0.118. The quantitative estimate of drug-likeness (QED) is 0.378. The van der Waals surface area contributed by atoms with E-state index in [1.807, 2.05) is 31.2 Å². The summed E-state index contributed by atoms with van der Waals surface area (Å²) in [7, 11) is 0. The molecule has 1 amide bonds. The van der Waals surface area contributed by atoms with Gasteiger partial charge in [-0.1, -0.05) is 73.1 Å².